The molecule has 0 radical (unpaired) electrons. The van der Waals surface area contributed by atoms with Crippen molar-refractivity contribution in [1.29, 1.82) is 0 Å². The van der Waals surface area contributed by atoms with Crippen molar-refractivity contribution in [2.24, 2.45) is 0 Å². The average molecular weight is 472 g/mol. The van der Waals surface area contributed by atoms with Crippen molar-refractivity contribution < 1.29 is 5.11 Å². The van der Waals surface area contributed by atoms with Crippen LogP contribution in [0.2, 0.25) is 0 Å². The number of hydrogen-bond acceptors (Lipinski definition) is 5. The first kappa shape index (κ1) is 23.5. The van der Waals surface area contributed by atoms with Gasteiger partial charge in [-0.3, -0.25) is 9.36 Å². The lowest BCUT2D eigenvalue weighted by Gasteiger charge is -2.38. The molecule has 4 aromatic rings. The summed E-state index contributed by atoms with van der Waals surface area (Å²) in [6.07, 6.45) is 5.48. The van der Waals surface area contributed by atoms with Crippen LogP contribution in [0, 0.1) is 6.92 Å². The highest BCUT2D eigenvalue weighted by Crippen LogP contribution is 2.26. The summed E-state index contributed by atoms with van der Waals surface area (Å²) >= 11 is 0. The Morgan fingerprint density at radius 1 is 1.06 bits per heavy atom. The monoisotopic (exact) mass is 471 g/mol. The SMILES string of the molecule is Cc1ccc(-n2ncc3c(=O)n(CC4(O)CCN(CC[C@H](C)c5ccccc5)CC4)cnc32)cc1. The van der Waals surface area contributed by atoms with Crippen LogP contribution in [-0.2, 0) is 6.54 Å². The molecule has 1 aliphatic heterocycles. The Hall–Kier alpha value is -3.29. The summed E-state index contributed by atoms with van der Waals surface area (Å²) in [6, 6.07) is 18.6. The van der Waals surface area contributed by atoms with Gasteiger partial charge in [0.15, 0.2) is 5.65 Å². The maximum absolute atomic E-state index is 13.2. The van der Waals surface area contributed by atoms with Crippen molar-refractivity contribution in [2.75, 3.05) is 19.6 Å². The van der Waals surface area contributed by atoms with E-state index in [0.29, 0.717) is 29.8 Å². The lowest BCUT2D eigenvalue weighted by Crippen LogP contribution is -2.48. The molecule has 7 heteroatoms. The van der Waals surface area contributed by atoms with E-state index in [-0.39, 0.29) is 12.1 Å². The van der Waals surface area contributed by atoms with Gasteiger partial charge in [0.1, 0.15) is 11.7 Å². The van der Waals surface area contributed by atoms with Crippen molar-refractivity contribution in [2.45, 2.75) is 51.2 Å². The minimum Gasteiger partial charge on any atom is -0.388 e. The normalized spacial score (nSPS) is 17.0. The lowest BCUT2D eigenvalue weighted by atomic mass is 9.90. The molecule has 1 atom stereocenters. The third kappa shape index (κ3) is 5.06. The van der Waals surface area contributed by atoms with Crippen molar-refractivity contribution in [3.63, 3.8) is 0 Å². The first-order valence-corrected chi connectivity index (χ1v) is 12.4. The van der Waals surface area contributed by atoms with Gasteiger partial charge in [0.05, 0.1) is 24.0 Å². The van der Waals surface area contributed by atoms with Crippen LogP contribution >= 0.6 is 0 Å². The summed E-state index contributed by atoms with van der Waals surface area (Å²) in [5.41, 5.74) is 2.85. The van der Waals surface area contributed by atoms with Crippen molar-refractivity contribution in [3.8, 4) is 5.69 Å². The summed E-state index contributed by atoms with van der Waals surface area (Å²) in [7, 11) is 0. The second-order valence-corrected chi connectivity index (χ2v) is 9.97. The molecule has 2 aromatic carbocycles. The van der Waals surface area contributed by atoms with Gasteiger partial charge >= 0.3 is 0 Å². The van der Waals surface area contributed by atoms with Gasteiger partial charge in [-0.2, -0.15) is 5.10 Å². The molecule has 35 heavy (non-hydrogen) atoms. The van der Waals surface area contributed by atoms with E-state index in [9.17, 15) is 9.90 Å². The number of benzene rings is 2. The van der Waals surface area contributed by atoms with Gasteiger partial charge in [-0.05, 0) is 56.3 Å². The molecule has 2 aromatic heterocycles. The Balaban J connectivity index is 1.23. The van der Waals surface area contributed by atoms with E-state index in [2.05, 4.69) is 52.2 Å². The topological polar surface area (TPSA) is 76.2 Å². The molecule has 0 bridgehead atoms. The minimum absolute atomic E-state index is 0.166. The number of piperidine rings is 1. The van der Waals surface area contributed by atoms with E-state index in [4.69, 9.17) is 0 Å². The Kier molecular flexibility index (Phi) is 6.54. The zero-order valence-electron chi connectivity index (χ0n) is 20.5. The predicted molar refractivity (Wildman–Crippen MR) is 138 cm³/mol. The fourth-order valence-electron chi connectivity index (χ4n) is 4.93. The third-order valence-corrected chi connectivity index (χ3v) is 7.33. The summed E-state index contributed by atoms with van der Waals surface area (Å²) in [5.74, 6) is 0.509. The summed E-state index contributed by atoms with van der Waals surface area (Å²) in [5, 5.41) is 16.1. The first-order chi connectivity index (χ1) is 16.9. The van der Waals surface area contributed by atoms with E-state index in [1.807, 2.05) is 31.2 Å². The van der Waals surface area contributed by atoms with Crippen LogP contribution in [0.25, 0.3) is 16.7 Å². The number of aryl methyl sites for hydroxylation is 1. The molecule has 1 N–H and O–H groups in total. The van der Waals surface area contributed by atoms with E-state index in [1.165, 1.54) is 10.1 Å². The molecule has 1 fully saturated rings. The molecule has 0 aliphatic carbocycles. The van der Waals surface area contributed by atoms with Gasteiger partial charge in [0, 0.05) is 13.1 Å². The predicted octanol–water partition coefficient (Wildman–Crippen LogP) is 3.91. The number of likely N-dealkylation sites (tertiary alicyclic amines) is 1. The summed E-state index contributed by atoms with van der Waals surface area (Å²) < 4.78 is 3.22. The van der Waals surface area contributed by atoms with Crippen molar-refractivity contribution in [1.82, 2.24) is 24.2 Å². The van der Waals surface area contributed by atoms with Crippen LogP contribution in [0.3, 0.4) is 0 Å². The van der Waals surface area contributed by atoms with Crippen LogP contribution in [0.4, 0.5) is 0 Å². The Bertz CT molecular complexity index is 1340. The maximum Gasteiger partial charge on any atom is 0.264 e. The quantitative estimate of drug-likeness (QED) is 0.442. The second kappa shape index (κ2) is 9.76. The zero-order valence-corrected chi connectivity index (χ0v) is 20.5. The lowest BCUT2D eigenvalue weighted by molar-refractivity contribution is -0.0351. The Morgan fingerprint density at radius 3 is 2.49 bits per heavy atom. The second-order valence-electron chi connectivity index (χ2n) is 9.97. The van der Waals surface area contributed by atoms with Crippen LogP contribution in [0.1, 0.15) is 43.2 Å². The number of nitrogens with zero attached hydrogens (tertiary/aromatic N) is 5. The summed E-state index contributed by atoms with van der Waals surface area (Å²) in [4.78, 5) is 20.1. The average Bonchev–Trinajstić information content (AvgIpc) is 3.31. The standard InChI is InChI=1S/C28H33N5O2/c1-21-8-10-24(11-9-21)33-26-25(18-30-33)27(34)32(20-29-26)19-28(35)13-16-31(17-14-28)15-12-22(2)23-6-4-3-5-7-23/h3-11,18,20,22,35H,12-17,19H2,1-2H3/t22-/m0/s1. The van der Waals surface area contributed by atoms with Crippen LogP contribution < -0.4 is 5.56 Å². The molecular weight excluding hydrogens is 438 g/mol. The van der Waals surface area contributed by atoms with Gasteiger partial charge in [-0.1, -0.05) is 55.0 Å². The number of aliphatic hydroxyl groups is 1. The molecule has 3 heterocycles. The molecule has 0 saturated carbocycles. The van der Waals surface area contributed by atoms with Gasteiger partial charge in [-0.15, -0.1) is 0 Å². The van der Waals surface area contributed by atoms with E-state index in [0.717, 1.165) is 37.3 Å². The Morgan fingerprint density at radius 2 is 1.77 bits per heavy atom. The van der Waals surface area contributed by atoms with Crippen molar-refractivity contribution in [3.05, 3.63) is 88.6 Å². The highest BCUT2D eigenvalue weighted by molar-refractivity contribution is 5.74. The molecule has 0 unspecified atom stereocenters. The van der Waals surface area contributed by atoms with Gasteiger partial charge in [0.25, 0.3) is 5.56 Å². The smallest absolute Gasteiger partial charge is 0.264 e. The molecule has 182 valence electrons. The maximum atomic E-state index is 13.2. The number of hydrogen-bond donors (Lipinski definition) is 1. The van der Waals surface area contributed by atoms with Gasteiger partial charge in [-0.25, -0.2) is 9.67 Å². The van der Waals surface area contributed by atoms with Crippen LogP contribution in [-0.4, -0.2) is 54.6 Å². The van der Waals surface area contributed by atoms with Crippen LogP contribution in [0.5, 0.6) is 0 Å². The highest BCUT2D eigenvalue weighted by atomic mass is 16.3. The Labute approximate surface area is 205 Å². The third-order valence-electron chi connectivity index (χ3n) is 7.33. The highest BCUT2D eigenvalue weighted by Gasteiger charge is 2.33. The number of aromatic nitrogens is 4. The molecule has 0 spiro atoms. The molecule has 7 nitrogen and oxygen atoms in total. The number of rotatable bonds is 7. The van der Waals surface area contributed by atoms with Crippen LogP contribution in [0.15, 0.2) is 71.9 Å². The van der Waals surface area contributed by atoms with Crippen molar-refractivity contribution >= 4 is 11.0 Å². The molecular formula is C28H33N5O2. The summed E-state index contributed by atoms with van der Waals surface area (Å²) in [6.45, 7) is 7.21. The zero-order chi connectivity index (χ0) is 24.4. The van der Waals surface area contributed by atoms with Gasteiger partial charge in [0.2, 0.25) is 0 Å². The minimum atomic E-state index is -0.909. The van der Waals surface area contributed by atoms with E-state index < -0.39 is 5.60 Å². The largest absolute Gasteiger partial charge is 0.388 e. The molecule has 0 amide bonds. The van der Waals surface area contributed by atoms with Gasteiger partial charge < -0.3 is 10.0 Å². The molecule has 1 aliphatic rings. The number of fused-ring (bicyclic) bond motifs is 1. The fourth-order valence-corrected chi connectivity index (χ4v) is 4.93. The fraction of sp³-hybridized carbons (Fsp3) is 0.393. The molecule has 5 rings (SSSR count). The first-order valence-electron chi connectivity index (χ1n) is 12.4. The van der Waals surface area contributed by atoms with E-state index in [1.54, 1.807) is 17.2 Å². The molecule has 1 saturated heterocycles. The van der Waals surface area contributed by atoms with E-state index >= 15 is 0 Å².